The zero-order valence-electron chi connectivity index (χ0n) is 6.99. The number of carboxylic acid groups (broad SMARTS) is 1. The van der Waals surface area contributed by atoms with E-state index in [1.54, 1.807) is 24.3 Å². The van der Waals surface area contributed by atoms with Gasteiger partial charge in [0.05, 0.1) is 0 Å². The molecule has 5 nitrogen and oxygen atoms in total. The fraction of sp³-hybridized carbons (Fsp3) is 0. The van der Waals surface area contributed by atoms with Crippen molar-refractivity contribution in [2.75, 3.05) is 0 Å². The lowest BCUT2D eigenvalue weighted by molar-refractivity contribution is -0.128. The van der Waals surface area contributed by atoms with Crippen LogP contribution in [-0.2, 0) is 15.1 Å². The first-order valence-corrected chi connectivity index (χ1v) is 4.56. The number of benzene rings is 1. The van der Waals surface area contributed by atoms with Crippen LogP contribution in [0.3, 0.4) is 0 Å². The van der Waals surface area contributed by atoms with Crippen molar-refractivity contribution in [3.8, 4) is 5.75 Å². The summed E-state index contributed by atoms with van der Waals surface area (Å²) < 4.78 is 18.7. The smallest absolute Gasteiger partial charge is 0.343 e. The Morgan fingerprint density at radius 2 is 1.71 bits per heavy atom. The van der Waals surface area contributed by atoms with E-state index >= 15 is 0 Å². The molecule has 0 amide bonds. The Balaban J connectivity index is 0.000000241. The van der Waals surface area contributed by atoms with Gasteiger partial charge in [0.15, 0.2) is 0 Å². The van der Waals surface area contributed by atoms with E-state index in [4.69, 9.17) is 10.2 Å². The van der Waals surface area contributed by atoms with Gasteiger partial charge >= 0.3 is 5.97 Å². The van der Waals surface area contributed by atoms with Gasteiger partial charge in [-0.05, 0) is 12.1 Å². The second kappa shape index (κ2) is 6.67. The van der Waals surface area contributed by atoms with Crippen molar-refractivity contribution in [3.05, 3.63) is 30.3 Å². The minimum Gasteiger partial charge on any atom is -0.508 e. The van der Waals surface area contributed by atoms with Crippen LogP contribution >= 0.6 is 0 Å². The van der Waals surface area contributed by atoms with E-state index in [1.165, 1.54) is 0 Å². The summed E-state index contributed by atoms with van der Waals surface area (Å²) >= 11 is 0. The molecule has 0 aromatic heterocycles. The maximum absolute atomic E-state index is 9.37. The average Bonchev–Trinajstić information content (AvgIpc) is 2.03. The van der Waals surface area contributed by atoms with Gasteiger partial charge < -0.3 is 10.2 Å². The number of carboxylic acids is 1. The predicted octanol–water partition coefficient (Wildman–Crippen LogP) is 0.144. The number of aliphatic carboxylic acids is 1. The van der Waals surface area contributed by atoms with Crippen LogP contribution in [0.2, 0.25) is 0 Å². The van der Waals surface area contributed by atoms with Crippen LogP contribution in [0, 0.1) is 0 Å². The number of rotatable bonds is 1. The largest absolute Gasteiger partial charge is 0.508 e. The Morgan fingerprint density at radius 1 is 1.21 bits per heavy atom. The Hall–Kier alpha value is -1.82. The van der Waals surface area contributed by atoms with Crippen molar-refractivity contribution in [2.24, 2.45) is 0 Å². The molecule has 0 radical (unpaired) electrons. The number of para-hydroxylation sites is 1. The number of phenols is 1. The van der Waals surface area contributed by atoms with Crippen LogP contribution < -0.4 is 0 Å². The van der Waals surface area contributed by atoms with Gasteiger partial charge in [-0.15, -0.1) is 0 Å². The molecule has 1 aromatic carbocycles. The van der Waals surface area contributed by atoms with Crippen LogP contribution in [0.1, 0.15) is 0 Å². The molecular formula is C8H8O5S. The SMILES string of the molecule is O=C(O)C=S(=O)=O.Oc1ccccc1. The van der Waals surface area contributed by atoms with Crippen molar-refractivity contribution in [1.82, 2.24) is 0 Å². The van der Waals surface area contributed by atoms with E-state index in [1.807, 2.05) is 6.07 Å². The van der Waals surface area contributed by atoms with Crippen LogP contribution in [0.5, 0.6) is 5.75 Å². The lowest BCUT2D eigenvalue weighted by Gasteiger charge is -1.82. The highest BCUT2D eigenvalue weighted by Gasteiger charge is 1.83. The van der Waals surface area contributed by atoms with Gasteiger partial charge in [0, 0.05) is 0 Å². The van der Waals surface area contributed by atoms with Crippen molar-refractivity contribution >= 4 is 21.6 Å². The first-order valence-electron chi connectivity index (χ1n) is 3.42. The molecule has 1 aromatic rings. The summed E-state index contributed by atoms with van der Waals surface area (Å²) in [4.78, 5) is 9.36. The summed E-state index contributed by atoms with van der Waals surface area (Å²) in [7, 11) is -2.57. The first kappa shape index (κ1) is 12.2. The zero-order chi connectivity index (χ0) is 11.0. The standard InChI is InChI=1S/C6H6O.C2H2O4S/c7-6-4-2-1-3-5-6;3-2(4)1-7(5)6/h1-5,7H;1H,(H,3,4). The van der Waals surface area contributed by atoms with Crippen molar-refractivity contribution in [3.63, 3.8) is 0 Å². The van der Waals surface area contributed by atoms with Crippen molar-refractivity contribution in [2.45, 2.75) is 0 Å². The molecule has 0 spiro atoms. The fourth-order valence-corrected chi connectivity index (χ4v) is 0.675. The number of hydrogen-bond acceptors (Lipinski definition) is 4. The van der Waals surface area contributed by atoms with E-state index in [0.717, 1.165) is 0 Å². The Morgan fingerprint density at radius 3 is 1.86 bits per heavy atom. The lowest BCUT2D eigenvalue weighted by atomic mass is 10.3. The Labute approximate surface area is 81.8 Å². The molecule has 0 heterocycles. The van der Waals surface area contributed by atoms with Crippen LogP contribution in [0.15, 0.2) is 30.3 Å². The molecule has 0 bridgehead atoms. The third kappa shape index (κ3) is 8.28. The van der Waals surface area contributed by atoms with Gasteiger partial charge in [-0.2, -0.15) is 8.42 Å². The number of carbonyl (C=O) groups is 1. The normalized spacial score (nSPS) is 8.00. The molecule has 14 heavy (non-hydrogen) atoms. The highest BCUT2D eigenvalue weighted by Crippen LogP contribution is 2.02. The van der Waals surface area contributed by atoms with Gasteiger partial charge in [0.1, 0.15) is 11.1 Å². The monoisotopic (exact) mass is 216 g/mol. The molecule has 0 unspecified atom stereocenters. The third-order valence-electron chi connectivity index (χ3n) is 0.953. The van der Waals surface area contributed by atoms with E-state index in [2.05, 4.69) is 0 Å². The summed E-state index contributed by atoms with van der Waals surface area (Å²) in [5.41, 5.74) is 0. The Kier molecular flexibility index (Phi) is 5.80. The van der Waals surface area contributed by atoms with E-state index < -0.39 is 16.3 Å². The van der Waals surface area contributed by atoms with Crippen molar-refractivity contribution in [1.29, 1.82) is 0 Å². The highest BCUT2D eigenvalue weighted by molar-refractivity contribution is 7.73. The summed E-state index contributed by atoms with van der Waals surface area (Å²) in [6.45, 7) is 0. The predicted molar refractivity (Wildman–Crippen MR) is 50.7 cm³/mol. The molecule has 0 aliphatic rings. The van der Waals surface area contributed by atoms with Gasteiger partial charge in [0.2, 0.25) is 10.3 Å². The van der Waals surface area contributed by atoms with Gasteiger partial charge in [-0.25, -0.2) is 4.79 Å². The topological polar surface area (TPSA) is 91.7 Å². The summed E-state index contributed by atoms with van der Waals surface area (Å²) in [5.74, 6) is -1.13. The number of hydrogen-bond donors (Lipinski definition) is 2. The highest BCUT2D eigenvalue weighted by atomic mass is 32.2. The number of aromatic hydroxyl groups is 1. The minimum atomic E-state index is -2.57. The second-order valence-corrected chi connectivity index (χ2v) is 2.81. The quantitative estimate of drug-likeness (QED) is 0.652. The Bertz CT molecular complexity index is 399. The minimum absolute atomic E-state index is 0.167. The van der Waals surface area contributed by atoms with Crippen molar-refractivity contribution < 1.29 is 23.4 Å². The van der Waals surface area contributed by atoms with E-state index in [-0.39, 0.29) is 5.37 Å². The molecule has 0 saturated heterocycles. The second-order valence-electron chi connectivity index (χ2n) is 2.05. The lowest BCUT2D eigenvalue weighted by Crippen LogP contribution is -1.94. The van der Waals surface area contributed by atoms with Gasteiger partial charge in [0.25, 0.3) is 0 Å². The van der Waals surface area contributed by atoms with E-state index in [9.17, 15) is 13.2 Å². The summed E-state index contributed by atoms with van der Waals surface area (Å²) in [6.07, 6.45) is 0. The fourth-order valence-electron chi connectivity index (χ4n) is 0.510. The van der Waals surface area contributed by atoms with Gasteiger partial charge in [-0.3, -0.25) is 0 Å². The molecule has 76 valence electrons. The molecule has 0 fully saturated rings. The zero-order valence-corrected chi connectivity index (χ0v) is 7.81. The van der Waals surface area contributed by atoms with Crippen LogP contribution in [-0.4, -0.2) is 30.0 Å². The molecule has 1 rings (SSSR count). The average molecular weight is 216 g/mol. The molecular weight excluding hydrogens is 208 g/mol. The molecule has 0 aliphatic heterocycles. The summed E-state index contributed by atoms with van der Waals surface area (Å²) in [6, 6.07) is 8.71. The van der Waals surface area contributed by atoms with Crippen LogP contribution in [0.4, 0.5) is 0 Å². The maximum Gasteiger partial charge on any atom is 0.343 e. The summed E-state index contributed by atoms with van der Waals surface area (Å²) in [5, 5.41) is 16.4. The van der Waals surface area contributed by atoms with Gasteiger partial charge in [-0.1, -0.05) is 18.2 Å². The third-order valence-corrected chi connectivity index (χ3v) is 1.35. The number of phenolic OH excluding ortho intramolecular Hbond substituents is 1. The molecule has 0 aliphatic carbocycles. The van der Waals surface area contributed by atoms with E-state index in [0.29, 0.717) is 5.75 Å². The first-order chi connectivity index (χ1) is 6.52. The molecule has 6 heteroatoms. The van der Waals surface area contributed by atoms with Crippen LogP contribution in [0.25, 0.3) is 0 Å². The molecule has 2 N–H and O–H groups in total. The molecule has 0 atom stereocenters. The molecule has 0 saturated carbocycles. The maximum atomic E-state index is 9.37.